The van der Waals surface area contributed by atoms with Gasteiger partial charge in [-0.05, 0) is 66.3 Å². The topological polar surface area (TPSA) is 83.2 Å². The molecule has 132 valence electrons. The molecule has 0 spiro atoms. The van der Waals surface area contributed by atoms with E-state index in [-0.39, 0.29) is 5.75 Å². The largest absolute Gasteiger partial charge is 0.508 e. The number of nitrogens with zero attached hydrogens (tertiary/aromatic N) is 1. The van der Waals surface area contributed by atoms with Gasteiger partial charge in [-0.15, -0.1) is 0 Å². The second-order valence-electron chi connectivity index (χ2n) is 7.25. The van der Waals surface area contributed by atoms with Gasteiger partial charge >= 0.3 is 0 Å². The molecule has 5 N–H and O–H groups in total. The smallest absolute Gasteiger partial charge is 0.131 e. The number of rotatable bonds is 3. The monoisotopic (exact) mass is 338 g/mol. The first-order valence-corrected chi connectivity index (χ1v) is 9.22. The van der Waals surface area contributed by atoms with Crippen LogP contribution in [0.15, 0.2) is 30.5 Å². The van der Waals surface area contributed by atoms with Crippen molar-refractivity contribution >= 4 is 5.82 Å². The highest BCUT2D eigenvalue weighted by atomic mass is 16.3. The van der Waals surface area contributed by atoms with Crippen LogP contribution in [0.25, 0.3) is 11.1 Å². The van der Waals surface area contributed by atoms with Crippen LogP contribution in [0.2, 0.25) is 0 Å². The maximum absolute atomic E-state index is 9.59. The predicted molar refractivity (Wildman–Crippen MR) is 100 cm³/mol. The minimum absolute atomic E-state index is 0.268. The Hall–Kier alpha value is -2.11. The van der Waals surface area contributed by atoms with E-state index >= 15 is 0 Å². The average Bonchev–Trinajstić information content (AvgIpc) is 3.10. The lowest BCUT2D eigenvalue weighted by Gasteiger charge is -2.32. The van der Waals surface area contributed by atoms with Gasteiger partial charge in [0.1, 0.15) is 11.6 Å². The number of aromatic hydroxyl groups is 1. The molecule has 0 radical (unpaired) electrons. The summed E-state index contributed by atoms with van der Waals surface area (Å²) in [6.07, 6.45) is 6.50. The minimum atomic E-state index is 0.268. The molecule has 1 aliphatic carbocycles. The van der Waals surface area contributed by atoms with Gasteiger partial charge in [0.2, 0.25) is 0 Å². The van der Waals surface area contributed by atoms with Crippen molar-refractivity contribution in [3.63, 3.8) is 0 Å². The molecule has 3 unspecified atom stereocenters. The number of fused-ring (bicyclic) bond motifs is 1. The van der Waals surface area contributed by atoms with Crippen molar-refractivity contribution in [1.29, 1.82) is 0 Å². The molecule has 0 bridgehead atoms. The fraction of sp³-hybridized carbons (Fsp3) is 0.450. The van der Waals surface area contributed by atoms with E-state index in [1.807, 2.05) is 18.3 Å². The van der Waals surface area contributed by atoms with Gasteiger partial charge in [0.05, 0.1) is 0 Å². The minimum Gasteiger partial charge on any atom is -0.508 e. The van der Waals surface area contributed by atoms with E-state index < -0.39 is 0 Å². The second kappa shape index (κ2) is 6.65. The summed E-state index contributed by atoms with van der Waals surface area (Å²) in [5.74, 6) is 2.08. The Kier molecular flexibility index (Phi) is 4.36. The van der Waals surface area contributed by atoms with Crippen LogP contribution in [0.4, 0.5) is 5.82 Å². The van der Waals surface area contributed by atoms with Crippen molar-refractivity contribution in [2.75, 3.05) is 12.3 Å². The molecule has 2 fully saturated rings. The lowest BCUT2D eigenvalue weighted by Crippen LogP contribution is -2.35. The van der Waals surface area contributed by atoms with Gasteiger partial charge in [0, 0.05) is 24.3 Å². The Labute approximate surface area is 148 Å². The highest BCUT2D eigenvalue weighted by molar-refractivity contribution is 5.78. The Balaban J connectivity index is 1.73. The first kappa shape index (κ1) is 16.4. The van der Waals surface area contributed by atoms with E-state index in [4.69, 9.17) is 5.73 Å². The third-order valence-electron chi connectivity index (χ3n) is 5.83. The van der Waals surface area contributed by atoms with Crippen LogP contribution >= 0.6 is 0 Å². The fourth-order valence-electron chi connectivity index (χ4n) is 4.55. The number of nitrogens with one attached hydrogen (secondary N) is 2. The Morgan fingerprint density at radius 3 is 2.80 bits per heavy atom. The second-order valence-corrected chi connectivity index (χ2v) is 7.25. The molecule has 1 saturated heterocycles. The normalized spacial score (nSPS) is 25.7. The zero-order valence-corrected chi connectivity index (χ0v) is 14.6. The Morgan fingerprint density at radius 1 is 1.24 bits per heavy atom. The maximum Gasteiger partial charge on any atom is 0.131 e. The highest BCUT2D eigenvalue weighted by Crippen LogP contribution is 2.42. The van der Waals surface area contributed by atoms with Crippen LogP contribution in [-0.2, 0) is 6.42 Å². The van der Waals surface area contributed by atoms with Crippen LogP contribution in [0.3, 0.4) is 0 Å². The lowest BCUT2D eigenvalue weighted by molar-refractivity contribution is 0.301. The van der Waals surface area contributed by atoms with Crippen LogP contribution in [0.5, 0.6) is 5.75 Å². The van der Waals surface area contributed by atoms with Crippen molar-refractivity contribution < 1.29 is 5.11 Å². The summed E-state index contributed by atoms with van der Waals surface area (Å²) in [6, 6.07) is 7.88. The number of aromatic nitrogens is 1. The summed E-state index contributed by atoms with van der Waals surface area (Å²) in [4.78, 5) is 4.53. The van der Waals surface area contributed by atoms with Crippen molar-refractivity contribution in [1.82, 2.24) is 15.8 Å². The molecule has 1 saturated carbocycles. The zero-order valence-electron chi connectivity index (χ0n) is 14.6. The number of pyridine rings is 1. The van der Waals surface area contributed by atoms with Crippen LogP contribution in [0, 0.1) is 5.92 Å². The average molecular weight is 338 g/mol. The predicted octanol–water partition coefficient (Wildman–Crippen LogP) is 2.96. The maximum atomic E-state index is 9.59. The number of hydrogen-bond acceptors (Lipinski definition) is 5. The van der Waals surface area contributed by atoms with E-state index in [1.165, 1.54) is 30.4 Å². The SMILES string of the molecule is CCc1c(C2CCC3NNCC3C2)cnc(N)c1-c1ccc(O)cc1. The number of benzene rings is 1. The van der Waals surface area contributed by atoms with E-state index in [0.29, 0.717) is 23.7 Å². The first-order chi connectivity index (χ1) is 12.2. The standard InChI is InChI=1S/C20H26N4O/c1-2-16-17(13-5-8-18-14(9-13)10-23-24-18)11-22-20(21)19(16)12-3-6-15(25)7-4-12/h3-4,6-7,11,13-14,18,23-25H,2,5,8-10H2,1H3,(H2,21,22). The molecule has 4 rings (SSSR count). The number of nitrogens with two attached hydrogens (primary N) is 1. The van der Waals surface area contributed by atoms with E-state index in [2.05, 4.69) is 22.8 Å². The van der Waals surface area contributed by atoms with Crippen molar-refractivity contribution in [3.05, 3.63) is 41.6 Å². The molecule has 2 heterocycles. The fourth-order valence-corrected chi connectivity index (χ4v) is 4.55. The van der Waals surface area contributed by atoms with Crippen LogP contribution in [0.1, 0.15) is 43.2 Å². The van der Waals surface area contributed by atoms with Gasteiger partial charge in [0.25, 0.3) is 0 Å². The molecular formula is C20H26N4O. The number of nitrogen functional groups attached to an aromatic ring is 1. The molecule has 1 aromatic carbocycles. The zero-order chi connectivity index (χ0) is 17.4. The Bertz CT molecular complexity index is 759. The summed E-state index contributed by atoms with van der Waals surface area (Å²) in [5, 5.41) is 9.59. The summed E-state index contributed by atoms with van der Waals surface area (Å²) in [5.41, 5.74) is 17.7. The van der Waals surface area contributed by atoms with Crippen molar-refractivity contribution in [3.8, 4) is 16.9 Å². The van der Waals surface area contributed by atoms with Crippen molar-refractivity contribution in [2.45, 2.75) is 44.6 Å². The highest BCUT2D eigenvalue weighted by Gasteiger charge is 2.35. The van der Waals surface area contributed by atoms with Gasteiger partial charge in [-0.3, -0.25) is 10.9 Å². The van der Waals surface area contributed by atoms with Crippen LogP contribution < -0.4 is 16.6 Å². The summed E-state index contributed by atoms with van der Waals surface area (Å²) >= 11 is 0. The summed E-state index contributed by atoms with van der Waals surface area (Å²) in [7, 11) is 0. The van der Waals surface area contributed by atoms with Gasteiger partial charge in [0.15, 0.2) is 0 Å². The number of phenolic OH excluding ortho intramolecular Hbond substituents is 1. The van der Waals surface area contributed by atoms with Crippen molar-refractivity contribution in [2.24, 2.45) is 5.92 Å². The molecule has 0 amide bonds. The van der Waals surface area contributed by atoms with Gasteiger partial charge in [-0.1, -0.05) is 19.1 Å². The number of anilines is 1. The molecule has 1 aromatic heterocycles. The van der Waals surface area contributed by atoms with Gasteiger partial charge in [-0.2, -0.15) is 0 Å². The number of hydrazine groups is 1. The first-order valence-electron chi connectivity index (χ1n) is 9.22. The third-order valence-corrected chi connectivity index (χ3v) is 5.83. The van der Waals surface area contributed by atoms with Gasteiger partial charge in [-0.25, -0.2) is 4.98 Å². The molecule has 2 aromatic rings. The Morgan fingerprint density at radius 2 is 2.04 bits per heavy atom. The molecule has 1 aliphatic heterocycles. The quantitative estimate of drug-likeness (QED) is 0.692. The molecular weight excluding hydrogens is 312 g/mol. The molecule has 25 heavy (non-hydrogen) atoms. The van der Waals surface area contributed by atoms with Crippen LogP contribution in [-0.4, -0.2) is 22.7 Å². The number of phenols is 1. The molecule has 5 heteroatoms. The van der Waals surface area contributed by atoms with E-state index in [9.17, 15) is 5.11 Å². The summed E-state index contributed by atoms with van der Waals surface area (Å²) < 4.78 is 0. The third kappa shape index (κ3) is 2.98. The number of hydrogen-bond donors (Lipinski definition) is 4. The molecule has 5 nitrogen and oxygen atoms in total. The lowest BCUT2D eigenvalue weighted by atomic mass is 9.74. The molecule has 2 aliphatic rings. The van der Waals surface area contributed by atoms with Gasteiger partial charge < -0.3 is 10.8 Å². The summed E-state index contributed by atoms with van der Waals surface area (Å²) in [6.45, 7) is 3.24. The van der Waals surface area contributed by atoms with E-state index in [0.717, 1.165) is 24.1 Å². The van der Waals surface area contributed by atoms with E-state index in [1.54, 1.807) is 12.1 Å². The molecule has 3 atom stereocenters.